The van der Waals surface area contributed by atoms with Gasteiger partial charge in [-0.3, -0.25) is 0 Å². The highest BCUT2D eigenvalue weighted by Gasteiger charge is 2.50. The Morgan fingerprint density at radius 1 is 0.965 bits per heavy atom. The van der Waals surface area contributed by atoms with Crippen molar-refractivity contribution in [2.45, 2.75) is 105 Å². The molecule has 12 nitrogen and oxygen atoms in total. The van der Waals surface area contributed by atoms with Crippen LogP contribution in [0.1, 0.15) is 76.3 Å². The Morgan fingerprint density at radius 3 is 2.39 bits per heavy atom. The van der Waals surface area contributed by atoms with E-state index in [4.69, 9.17) is 38.8 Å². The van der Waals surface area contributed by atoms with Crippen LogP contribution in [0.5, 0.6) is 5.75 Å². The molecule has 0 N–H and O–H groups in total. The molecule has 2 saturated heterocycles. The SMILES string of the molecule is [2H]c1nn(C(CC)C(C)C)c(=O)n1-c1ccc(N2CCN(c3ccc(OC[C@H]4O[C@](Cn5cncn5)(c5c(Cl)cc(Cl)c(C)c5C)OC4C)c(C)c3)C(C)C2)c(C)c1. The van der Waals surface area contributed by atoms with Crippen LogP contribution in [0, 0.1) is 33.6 Å². The molecule has 0 saturated carbocycles. The number of nitrogens with zero attached hydrogens (tertiary/aromatic N) is 8. The van der Waals surface area contributed by atoms with Gasteiger partial charge in [0.1, 0.15) is 45.3 Å². The van der Waals surface area contributed by atoms with E-state index in [2.05, 4.69) is 77.8 Å². The van der Waals surface area contributed by atoms with Crippen LogP contribution >= 0.6 is 23.2 Å². The van der Waals surface area contributed by atoms with Gasteiger partial charge in [0.15, 0.2) is 0 Å². The van der Waals surface area contributed by atoms with Crippen LogP contribution in [-0.2, 0) is 21.8 Å². The van der Waals surface area contributed by atoms with Gasteiger partial charge in [-0.15, -0.1) is 0 Å². The zero-order valence-electron chi connectivity index (χ0n) is 35.3. The van der Waals surface area contributed by atoms with E-state index < -0.39 is 11.9 Å². The number of aryl methyl sites for hydroxylation is 2. The predicted molar refractivity (Wildman–Crippen MR) is 225 cm³/mol. The average Bonchev–Trinajstić information content (AvgIpc) is 3.87. The Morgan fingerprint density at radius 2 is 1.72 bits per heavy atom. The number of hydrogen-bond donors (Lipinski definition) is 0. The number of hydrogen-bond acceptors (Lipinski definition) is 9. The van der Waals surface area contributed by atoms with E-state index in [9.17, 15) is 4.79 Å². The maximum atomic E-state index is 13.4. The number of benzene rings is 3. The fraction of sp³-hybridized carbons (Fsp3) is 0.488. The first-order valence-electron chi connectivity index (χ1n) is 20.3. The van der Waals surface area contributed by atoms with Crippen LogP contribution in [-0.4, -0.2) is 73.6 Å². The minimum atomic E-state index is -1.23. The lowest BCUT2D eigenvalue weighted by Crippen LogP contribution is -2.52. The van der Waals surface area contributed by atoms with E-state index in [0.29, 0.717) is 15.7 Å². The molecule has 0 bridgehead atoms. The summed E-state index contributed by atoms with van der Waals surface area (Å²) in [7, 11) is 0. The molecule has 3 aromatic carbocycles. The zero-order valence-corrected chi connectivity index (χ0v) is 35.8. The number of halogens is 2. The second kappa shape index (κ2) is 16.5. The number of rotatable bonds is 12. The van der Waals surface area contributed by atoms with Crippen molar-refractivity contribution in [2.24, 2.45) is 5.92 Å². The Labute approximate surface area is 346 Å². The monoisotopic (exact) mass is 817 g/mol. The molecular weight excluding hydrogens is 763 g/mol. The van der Waals surface area contributed by atoms with Gasteiger partial charge in [-0.05, 0) is 119 Å². The molecule has 2 aromatic heterocycles. The summed E-state index contributed by atoms with van der Waals surface area (Å²) in [4.78, 5) is 22.4. The highest BCUT2D eigenvalue weighted by atomic mass is 35.5. The van der Waals surface area contributed by atoms with Gasteiger partial charge in [0.25, 0.3) is 0 Å². The van der Waals surface area contributed by atoms with Crippen LogP contribution in [0.2, 0.25) is 10.0 Å². The molecule has 304 valence electrons. The third-order valence-corrected chi connectivity index (χ3v) is 12.4. The number of ether oxygens (including phenoxy) is 3. The molecular formula is C43H54Cl2N8O4. The van der Waals surface area contributed by atoms with Gasteiger partial charge in [-0.2, -0.15) is 10.2 Å². The van der Waals surface area contributed by atoms with Gasteiger partial charge in [0, 0.05) is 47.6 Å². The summed E-state index contributed by atoms with van der Waals surface area (Å²) in [6.45, 7) is 21.5. The van der Waals surface area contributed by atoms with Crippen LogP contribution in [0.4, 0.5) is 11.4 Å². The molecule has 0 spiro atoms. The topological polar surface area (TPSA) is 105 Å². The average molecular weight is 819 g/mol. The Hall–Kier alpha value is -4.36. The number of aromatic nitrogens is 6. The van der Waals surface area contributed by atoms with Crippen LogP contribution in [0.3, 0.4) is 0 Å². The Bertz CT molecular complexity index is 2330. The van der Waals surface area contributed by atoms with Crippen LogP contribution in [0.25, 0.3) is 5.69 Å². The van der Waals surface area contributed by atoms with E-state index in [-0.39, 0.29) is 49.3 Å². The summed E-state index contributed by atoms with van der Waals surface area (Å²) in [5.41, 5.74) is 7.25. The fourth-order valence-electron chi connectivity index (χ4n) is 8.45. The van der Waals surface area contributed by atoms with Gasteiger partial charge < -0.3 is 24.0 Å². The molecule has 4 heterocycles. The van der Waals surface area contributed by atoms with Gasteiger partial charge in [0.2, 0.25) is 5.79 Å². The lowest BCUT2D eigenvalue weighted by Gasteiger charge is -2.43. The van der Waals surface area contributed by atoms with Crippen molar-refractivity contribution in [3.05, 3.63) is 110 Å². The molecule has 2 aliphatic rings. The van der Waals surface area contributed by atoms with E-state index in [1.54, 1.807) is 17.1 Å². The minimum absolute atomic E-state index is 0.0494. The van der Waals surface area contributed by atoms with Crippen molar-refractivity contribution < 1.29 is 15.6 Å². The third-order valence-electron chi connectivity index (χ3n) is 11.7. The smallest absolute Gasteiger partial charge is 0.350 e. The molecule has 14 heteroatoms. The van der Waals surface area contributed by atoms with E-state index in [0.717, 1.165) is 71.0 Å². The molecule has 7 rings (SSSR count). The van der Waals surface area contributed by atoms with Crippen molar-refractivity contribution >= 4 is 34.6 Å². The third kappa shape index (κ3) is 7.93. The highest BCUT2D eigenvalue weighted by molar-refractivity contribution is 6.35. The summed E-state index contributed by atoms with van der Waals surface area (Å²) >= 11 is 13.3. The van der Waals surface area contributed by atoms with E-state index >= 15 is 0 Å². The zero-order chi connectivity index (χ0) is 41.6. The molecule has 57 heavy (non-hydrogen) atoms. The van der Waals surface area contributed by atoms with Crippen LogP contribution < -0.4 is 20.2 Å². The summed E-state index contributed by atoms with van der Waals surface area (Å²) < 4.78 is 33.0. The summed E-state index contributed by atoms with van der Waals surface area (Å²) in [6, 6.07) is 14.2. The van der Waals surface area contributed by atoms with Crippen molar-refractivity contribution in [3.8, 4) is 11.4 Å². The summed E-state index contributed by atoms with van der Waals surface area (Å²) in [5, 5.41) is 9.71. The highest BCUT2D eigenvalue weighted by Crippen LogP contribution is 2.46. The van der Waals surface area contributed by atoms with Gasteiger partial charge in [-0.1, -0.05) is 44.0 Å². The molecule has 5 aromatic rings. The molecule has 0 amide bonds. The number of piperazine rings is 1. The second-order valence-corrected chi connectivity index (χ2v) is 16.7. The van der Waals surface area contributed by atoms with Crippen molar-refractivity contribution in [2.75, 3.05) is 36.0 Å². The maximum absolute atomic E-state index is 13.4. The quantitative estimate of drug-likeness (QED) is 0.123. The van der Waals surface area contributed by atoms with Gasteiger partial charge in [0.05, 0.1) is 22.9 Å². The Kier molecular flexibility index (Phi) is 11.4. The minimum Gasteiger partial charge on any atom is -0.490 e. The normalized spacial score (nSPS) is 22.0. The molecule has 0 aliphatic carbocycles. The van der Waals surface area contributed by atoms with E-state index in [1.165, 1.54) is 15.6 Å². The first-order valence-corrected chi connectivity index (χ1v) is 20.6. The molecule has 3 unspecified atom stereocenters. The Balaban J connectivity index is 1.02. The van der Waals surface area contributed by atoms with E-state index in [1.807, 2.05) is 45.9 Å². The molecule has 2 fully saturated rings. The predicted octanol–water partition coefficient (Wildman–Crippen LogP) is 8.22. The molecule has 5 atom stereocenters. The van der Waals surface area contributed by atoms with Crippen molar-refractivity contribution in [1.29, 1.82) is 0 Å². The maximum Gasteiger partial charge on any atom is 0.350 e. The second-order valence-electron chi connectivity index (χ2n) is 15.9. The van der Waals surface area contributed by atoms with Crippen molar-refractivity contribution in [3.63, 3.8) is 0 Å². The summed E-state index contributed by atoms with van der Waals surface area (Å²) in [6.07, 6.45) is 3.12. The largest absolute Gasteiger partial charge is 0.490 e. The first kappa shape index (κ1) is 39.5. The van der Waals surface area contributed by atoms with Gasteiger partial charge in [-0.25, -0.2) is 23.7 Å². The standard InChI is InChI=1S/C43H54Cl2N8O4/c1-10-37(26(2)3)53-42(54)52(25-48-53)34-11-13-38(27(4)17-34)49-15-16-51(29(6)20-49)33-12-14-39(28(5)18-33)55-21-40-32(9)56-43(57-40,22-50-24-46-23-47-50)41-31(8)30(7)35(44)19-36(41)45/h11-14,17-19,23-26,29,32,37,40H,10,15-16,20-22H2,1-9H3/t29?,32?,37?,40-,43-/m1/s1/i25D. The lowest BCUT2D eigenvalue weighted by molar-refractivity contribution is -0.196. The van der Waals surface area contributed by atoms with Crippen LogP contribution in [0.15, 0.2) is 66.2 Å². The first-order chi connectivity index (χ1) is 27.6. The fourth-order valence-corrected chi connectivity index (χ4v) is 9.15. The number of anilines is 2. The van der Waals surface area contributed by atoms with Gasteiger partial charge >= 0.3 is 5.69 Å². The lowest BCUT2D eigenvalue weighted by atomic mass is 9.96. The summed E-state index contributed by atoms with van der Waals surface area (Å²) in [5.74, 6) is -0.213. The van der Waals surface area contributed by atoms with Crippen molar-refractivity contribution in [1.82, 2.24) is 29.1 Å². The molecule has 0 radical (unpaired) electrons. The molecule has 2 aliphatic heterocycles.